The Morgan fingerprint density at radius 1 is 1.13 bits per heavy atom. The highest BCUT2D eigenvalue weighted by Gasteiger charge is 2.24. The van der Waals surface area contributed by atoms with Crippen molar-refractivity contribution >= 4 is 5.71 Å². The molecule has 0 radical (unpaired) electrons. The Kier molecular flexibility index (Phi) is 3.54. The summed E-state index contributed by atoms with van der Waals surface area (Å²) in [4.78, 5) is 5.59. The van der Waals surface area contributed by atoms with Crippen LogP contribution in [0.1, 0.15) is 17.5 Å². The van der Waals surface area contributed by atoms with E-state index in [9.17, 15) is 0 Å². The summed E-state index contributed by atoms with van der Waals surface area (Å²) in [6.45, 7) is 0.293. The molecule has 118 valence electrons. The van der Waals surface area contributed by atoms with E-state index in [4.69, 9.17) is 19.0 Å². The number of methoxy groups -OCH3 is 1. The zero-order valence-corrected chi connectivity index (χ0v) is 12.8. The predicted molar refractivity (Wildman–Crippen MR) is 85.3 cm³/mol. The van der Waals surface area contributed by atoms with Gasteiger partial charge in [0.2, 0.25) is 6.79 Å². The highest BCUT2D eigenvalue weighted by Crippen LogP contribution is 2.33. The molecule has 1 unspecified atom stereocenters. The van der Waals surface area contributed by atoms with Gasteiger partial charge in [-0.3, -0.25) is 0 Å². The zero-order chi connectivity index (χ0) is 15.6. The summed E-state index contributed by atoms with van der Waals surface area (Å²) in [6.07, 6.45) is 1.60. The second-order valence-corrected chi connectivity index (χ2v) is 5.59. The van der Waals surface area contributed by atoms with Crippen LogP contribution in [0.15, 0.2) is 47.6 Å². The van der Waals surface area contributed by atoms with Crippen molar-refractivity contribution in [3.63, 3.8) is 0 Å². The Labute approximate surface area is 134 Å². The van der Waals surface area contributed by atoms with Crippen LogP contribution >= 0.6 is 0 Å². The monoisotopic (exact) mass is 311 g/mol. The van der Waals surface area contributed by atoms with Crippen LogP contribution < -0.4 is 14.2 Å². The molecule has 2 heterocycles. The maximum atomic E-state index is 5.59. The molecule has 5 heteroatoms. The normalized spacial score (nSPS) is 18.5. The Bertz CT molecular complexity index is 756. The molecule has 4 rings (SSSR count). The lowest BCUT2D eigenvalue weighted by atomic mass is 10.00. The molecule has 0 bridgehead atoms. The van der Waals surface area contributed by atoms with Crippen molar-refractivity contribution in [2.24, 2.45) is 5.16 Å². The highest BCUT2D eigenvalue weighted by atomic mass is 16.7. The first-order chi connectivity index (χ1) is 11.3. The highest BCUT2D eigenvalue weighted by molar-refractivity contribution is 6.01. The van der Waals surface area contributed by atoms with E-state index in [1.807, 2.05) is 42.5 Å². The first-order valence-electron chi connectivity index (χ1n) is 7.57. The molecule has 0 amide bonds. The number of oxime groups is 1. The van der Waals surface area contributed by atoms with Crippen LogP contribution in [0.25, 0.3) is 0 Å². The van der Waals surface area contributed by atoms with Gasteiger partial charge in [-0.05, 0) is 29.8 Å². The Morgan fingerprint density at radius 2 is 2.04 bits per heavy atom. The summed E-state index contributed by atoms with van der Waals surface area (Å²) < 4.78 is 16.0. The van der Waals surface area contributed by atoms with Crippen LogP contribution in [0.4, 0.5) is 0 Å². The van der Waals surface area contributed by atoms with Gasteiger partial charge in [0.1, 0.15) is 11.9 Å². The molecule has 0 saturated heterocycles. The Hall–Kier alpha value is -2.69. The van der Waals surface area contributed by atoms with Crippen LogP contribution in [0.3, 0.4) is 0 Å². The number of benzene rings is 2. The molecule has 2 aromatic rings. The second kappa shape index (κ2) is 5.83. The van der Waals surface area contributed by atoms with Crippen molar-refractivity contribution < 1.29 is 19.0 Å². The Morgan fingerprint density at radius 3 is 2.96 bits per heavy atom. The van der Waals surface area contributed by atoms with Crippen molar-refractivity contribution in [2.45, 2.75) is 18.9 Å². The standard InChI is InChI=1S/C18H17NO4/c1-20-14-4-2-3-13(9-14)16-10-15(23-19-16)7-12-5-6-17-18(8-12)22-11-21-17/h2-6,8-9,15H,7,10-11H2,1H3. The summed E-state index contributed by atoms with van der Waals surface area (Å²) >= 11 is 0. The lowest BCUT2D eigenvalue weighted by molar-refractivity contribution is 0.0859. The third-order valence-corrected chi connectivity index (χ3v) is 4.04. The van der Waals surface area contributed by atoms with Gasteiger partial charge in [-0.1, -0.05) is 23.4 Å². The lowest BCUT2D eigenvalue weighted by Gasteiger charge is -2.09. The van der Waals surface area contributed by atoms with Crippen LogP contribution in [0.5, 0.6) is 17.2 Å². The molecule has 5 nitrogen and oxygen atoms in total. The number of fused-ring (bicyclic) bond motifs is 1. The van der Waals surface area contributed by atoms with Crippen LogP contribution in [0, 0.1) is 0 Å². The maximum Gasteiger partial charge on any atom is 0.231 e. The van der Waals surface area contributed by atoms with Gasteiger partial charge >= 0.3 is 0 Å². The van der Waals surface area contributed by atoms with E-state index in [1.54, 1.807) is 7.11 Å². The molecule has 2 aliphatic heterocycles. The van der Waals surface area contributed by atoms with E-state index in [0.29, 0.717) is 6.79 Å². The largest absolute Gasteiger partial charge is 0.497 e. The van der Waals surface area contributed by atoms with Gasteiger partial charge < -0.3 is 19.0 Å². The molecular weight excluding hydrogens is 294 g/mol. The van der Waals surface area contributed by atoms with E-state index >= 15 is 0 Å². The number of ether oxygens (including phenoxy) is 3. The van der Waals surface area contributed by atoms with Crippen LogP contribution in [-0.2, 0) is 11.3 Å². The van der Waals surface area contributed by atoms with Gasteiger partial charge in [-0.2, -0.15) is 0 Å². The van der Waals surface area contributed by atoms with Crippen molar-refractivity contribution in [3.8, 4) is 17.2 Å². The van der Waals surface area contributed by atoms with E-state index in [-0.39, 0.29) is 6.10 Å². The van der Waals surface area contributed by atoms with Gasteiger partial charge in [-0.15, -0.1) is 0 Å². The molecule has 0 fully saturated rings. The summed E-state index contributed by atoms with van der Waals surface area (Å²) in [5.74, 6) is 2.42. The summed E-state index contributed by atoms with van der Waals surface area (Å²) in [6, 6.07) is 13.9. The summed E-state index contributed by atoms with van der Waals surface area (Å²) in [7, 11) is 1.66. The van der Waals surface area contributed by atoms with Gasteiger partial charge in [0.25, 0.3) is 0 Å². The minimum atomic E-state index is 0.0385. The zero-order valence-electron chi connectivity index (χ0n) is 12.8. The van der Waals surface area contributed by atoms with E-state index in [1.165, 1.54) is 0 Å². The lowest BCUT2D eigenvalue weighted by Crippen LogP contribution is -2.11. The fourth-order valence-electron chi connectivity index (χ4n) is 2.84. The molecule has 0 saturated carbocycles. The molecule has 2 aromatic carbocycles. The van der Waals surface area contributed by atoms with Gasteiger partial charge in [0, 0.05) is 18.4 Å². The smallest absolute Gasteiger partial charge is 0.231 e. The quantitative estimate of drug-likeness (QED) is 0.870. The topological polar surface area (TPSA) is 49.3 Å². The van der Waals surface area contributed by atoms with Crippen molar-refractivity contribution in [1.82, 2.24) is 0 Å². The van der Waals surface area contributed by atoms with Crippen molar-refractivity contribution in [2.75, 3.05) is 13.9 Å². The van der Waals surface area contributed by atoms with Crippen molar-refractivity contribution in [3.05, 3.63) is 53.6 Å². The average molecular weight is 311 g/mol. The number of hydrogen-bond donors (Lipinski definition) is 0. The number of rotatable bonds is 4. The first kappa shape index (κ1) is 13.9. The third-order valence-electron chi connectivity index (χ3n) is 4.04. The van der Waals surface area contributed by atoms with Gasteiger partial charge in [0.05, 0.1) is 12.8 Å². The fourth-order valence-corrected chi connectivity index (χ4v) is 2.84. The van der Waals surface area contributed by atoms with Crippen LogP contribution in [-0.4, -0.2) is 25.7 Å². The average Bonchev–Trinajstić information content (AvgIpc) is 3.24. The molecule has 0 aromatic heterocycles. The molecule has 1 atom stereocenters. The van der Waals surface area contributed by atoms with Crippen molar-refractivity contribution in [1.29, 1.82) is 0 Å². The second-order valence-electron chi connectivity index (χ2n) is 5.59. The SMILES string of the molecule is COc1cccc(C2=NOC(Cc3ccc4c(c3)OCO4)C2)c1. The molecule has 23 heavy (non-hydrogen) atoms. The fraction of sp³-hybridized carbons (Fsp3) is 0.278. The summed E-state index contributed by atoms with van der Waals surface area (Å²) in [5, 5.41) is 4.24. The van der Waals surface area contributed by atoms with Gasteiger partial charge in [0.15, 0.2) is 11.5 Å². The molecule has 0 N–H and O–H groups in total. The number of nitrogens with zero attached hydrogens (tertiary/aromatic N) is 1. The molecule has 0 aliphatic carbocycles. The molecular formula is C18H17NO4. The van der Waals surface area contributed by atoms with Gasteiger partial charge in [-0.25, -0.2) is 0 Å². The summed E-state index contributed by atoms with van der Waals surface area (Å²) in [5.41, 5.74) is 3.15. The Balaban J connectivity index is 1.43. The van der Waals surface area contributed by atoms with Crippen LogP contribution in [0.2, 0.25) is 0 Å². The van der Waals surface area contributed by atoms with E-state index < -0.39 is 0 Å². The first-order valence-corrected chi connectivity index (χ1v) is 7.57. The predicted octanol–water partition coefficient (Wildman–Crippen LogP) is 3.16. The molecule has 2 aliphatic rings. The third kappa shape index (κ3) is 2.82. The van der Waals surface area contributed by atoms with E-state index in [0.717, 1.165) is 46.9 Å². The van der Waals surface area contributed by atoms with E-state index in [2.05, 4.69) is 5.16 Å². The minimum Gasteiger partial charge on any atom is -0.497 e. The molecule has 0 spiro atoms. The minimum absolute atomic E-state index is 0.0385. The number of hydrogen-bond acceptors (Lipinski definition) is 5. The maximum absolute atomic E-state index is 5.59.